The van der Waals surface area contributed by atoms with Gasteiger partial charge in [-0.1, -0.05) is 0 Å². The van der Waals surface area contributed by atoms with E-state index in [0.717, 1.165) is 12.5 Å². The third-order valence-electron chi connectivity index (χ3n) is 2.80. The van der Waals surface area contributed by atoms with E-state index in [9.17, 15) is 0 Å². The Kier molecular flexibility index (Phi) is 1.08. The van der Waals surface area contributed by atoms with Crippen molar-refractivity contribution in [1.82, 2.24) is 5.32 Å². The average molecular weight is 126 g/mol. The van der Waals surface area contributed by atoms with Crippen LogP contribution in [-0.4, -0.2) is 18.6 Å². The van der Waals surface area contributed by atoms with Gasteiger partial charge in [0.15, 0.2) is 0 Å². The van der Waals surface area contributed by atoms with Gasteiger partial charge in [0.05, 0.1) is 0 Å². The molecule has 0 aromatic rings. The maximum Gasteiger partial charge on any atom is 0.0199 e. The van der Waals surface area contributed by atoms with E-state index < -0.39 is 0 Å². The molecule has 2 fully saturated rings. The zero-order valence-corrected chi connectivity index (χ0v) is 5.69. The Balaban J connectivity index is 1.82. The quantitative estimate of drug-likeness (QED) is 0.522. The molecule has 2 heteroatoms. The molecule has 1 saturated heterocycles. The minimum atomic E-state index is 0.587. The summed E-state index contributed by atoms with van der Waals surface area (Å²) in [7, 11) is 0. The third-order valence-corrected chi connectivity index (χ3v) is 2.80. The molecule has 0 unspecified atom stereocenters. The second-order valence-electron chi connectivity index (χ2n) is 3.47. The maximum atomic E-state index is 5.51. The predicted molar refractivity (Wildman–Crippen MR) is 37.1 cm³/mol. The third kappa shape index (κ3) is 0.700. The topological polar surface area (TPSA) is 38.0 Å². The van der Waals surface area contributed by atoms with Crippen LogP contribution in [0.3, 0.4) is 0 Å². The summed E-state index contributed by atoms with van der Waals surface area (Å²) >= 11 is 0. The maximum absolute atomic E-state index is 5.51. The Morgan fingerprint density at radius 1 is 1.56 bits per heavy atom. The molecular weight excluding hydrogens is 112 g/mol. The standard InChI is InChI=1S/C7H14N2/c8-5-6-3-7(4-6)1-2-9-7/h6,9H,1-5,8H2. The highest BCUT2D eigenvalue weighted by Crippen LogP contribution is 2.43. The SMILES string of the molecule is NCC1CC2(CCN2)C1. The van der Waals surface area contributed by atoms with Crippen molar-refractivity contribution in [3.05, 3.63) is 0 Å². The van der Waals surface area contributed by atoms with Gasteiger partial charge in [0.2, 0.25) is 0 Å². The van der Waals surface area contributed by atoms with Gasteiger partial charge in [-0.05, 0) is 38.3 Å². The van der Waals surface area contributed by atoms with Gasteiger partial charge in [-0.15, -0.1) is 0 Å². The average Bonchev–Trinajstić information content (AvgIpc) is 1.59. The highest BCUT2D eigenvalue weighted by atomic mass is 15.1. The Morgan fingerprint density at radius 3 is 2.56 bits per heavy atom. The molecule has 52 valence electrons. The lowest BCUT2D eigenvalue weighted by Crippen LogP contribution is -2.65. The molecule has 9 heavy (non-hydrogen) atoms. The molecule has 2 aliphatic rings. The number of hydrogen-bond donors (Lipinski definition) is 2. The largest absolute Gasteiger partial charge is 0.330 e. The van der Waals surface area contributed by atoms with E-state index in [1.54, 1.807) is 0 Å². The summed E-state index contributed by atoms with van der Waals surface area (Å²) in [5.74, 6) is 0.831. The fourth-order valence-electron chi connectivity index (χ4n) is 2.04. The highest BCUT2D eigenvalue weighted by molar-refractivity contribution is 5.06. The Hall–Kier alpha value is -0.0800. The van der Waals surface area contributed by atoms with Crippen molar-refractivity contribution >= 4 is 0 Å². The van der Waals surface area contributed by atoms with Crippen LogP contribution >= 0.6 is 0 Å². The molecule has 0 aromatic heterocycles. The summed E-state index contributed by atoms with van der Waals surface area (Å²) in [6.45, 7) is 2.13. The van der Waals surface area contributed by atoms with Crippen LogP contribution in [-0.2, 0) is 0 Å². The van der Waals surface area contributed by atoms with Crippen LogP contribution in [0.1, 0.15) is 19.3 Å². The van der Waals surface area contributed by atoms with E-state index in [2.05, 4.69) is 5.32 Å². The molecule has 0 radical (unpaired) electrons. The summed E-state index contributed by atoms with van der Waals surface area (Å²) in [5, 5.41) is 3.47. The van der Waals surface area contributed by atoms with Crippen LogP contribution in [0.15, 0.2) is 0 Å². The first-order valence-corrected chi connectivity index (χ1v) is 3.80. The summed E-state index contributed by atoms with van der Waals surface area (Å²) in [6, 6.07) is 0. The molecule has 1 aliphatic heterocycles. The highest BCUT2D eigenvalue weighted by Gasteiger charge is 2.47. The van der Waals surface area contributed by atoms with E-state index in [-0.39, 0.29) is 0 Å². The number of rotatable bonds is 1. The van der Waals surface area contributed by atoms with E-state index >= 15 is 0 Å². The van der Waals surface area contributed by atoms with Gasteiger partial charge in [-0.25, -0.2) is 0 Å². The van der Waals surface area contributed by atoms with Crippen LogP contribution < -0.4 is 11.1 Å². The lowest BCUT2D eigenvalue weighted by atomic mass is 9.63. The van der Waals surface area contributed by atoms with Crippen LogP contribution in [0.25, 0.3) is 0 Å². The van der Waals surface area contributed by atoms with Crippen LogP contribution in [0.5, 0.6) is 0 Å². The first-order chi connectivity index (χ1) is 4.35. The van der Waals surface area contributed by atoms with E-state index in [4.69, 9.17) is 5.73 Å². The van der Waals surface area contributed by atoms with Gasteiger partial charge in [-0.2, -0.15) is 0 Å². The summed E-state index contributed by atoms with van der Waals surface area (Å²) in [6.07, 6.45) is 4.07. The summed E-state index contributed by atoms with van der Waals surface area (Å²) < 4.78 is 0. The predicted octanol–water partition coefficient (Wildman–Crippen LogP) is 0.0872. The molecule has 1 saturated carbocycles. The van der Waals surface area contributed by atoms with Crippen molar-refractivity contribution in [1.29, 1.82) is 0 Å². The molecule has 2 nitrogen and oxygen atoms in total. The molecule has 0 amide bonds. The number of nitrogens with two attached hydrogens (primary N) is 1. The van der Waals surface area contributed by atoms with Gasteiger partial charge in [0.25, 0.3) is 0 Å². The fraction of sp³-hybridized carbons (Fsp3) is 1.00. The molecule has 1 heterocycles. The second-order valence-corrected chi connectivity index (χ2v) is 3.47. The molecule has 1 spiro atoms. The lowest BCUT2D eigenvalue weighted by Gasteiger charge is -2.54. The van der Waals surface area contributed by atoms with Crippen LogP contribution in [0.2, 0.25) is 0 Å². The zero-order valence-electron chi connectivity index (χ0n) is 5.69. The van der Waals surface area contributed by atoms with Crippen LogP contribution in [0.4, 0.5) is 0 Å². The first kappa shape index (κ1) is 5.69. The van der Waals surface area contributed by atoms with E-state index in [1.807, 2.05) is 0 Å². The molecule has 2 rings (SSSR count). The number of nitrogens with one attached hydrogen (secondary N) is 1. The van der Waals surface area contributed by atoms with Gasteiger partial charge in [0.1, 0.15) is 0 Å². The summed E-state index contributed by atoms with van der Waals surface area (Å²) in [4.78, 5) is 0. The van der Waals surface area contributed by atoms with Crippen molar-refractivity contribution in [3.8, 4) is 0 Å². The van der Waals surface area contributed by atoms with Crippen molar-refractivity contribution in [2.45, 2.75) is 24.8 Å². The van der Waals surface area contributed by atoms with Gasteiger partial charge in [0, 0.05) is 5.54 Å². The smallest absolute Gasteiger partial charge is 0.0199 e. The van der Waals surface area contributed by atoms with E-state index in [0.29, 0.717) is 5.54 Å². The molecule has 1 aliphatic carbocycles. The Bertz CT molecular complexity index is 110. The zero-order chi connectivity index (χ0) is 6.32. The summed E-state index contributed by atoms with van der Waals surface area (Å²) in [5.41, 5.74) is 6.09. The van der Waals surface area contributed by atoms with Crippen molar-refractivity contribution < 1.29 is 0 Å². The van der Waals surface area contributed by atoms with Crippen LogP contribution in [0, 0.1) is 5.92 Å². The van der Waals surface area contributed by atoms with Crippen molar-refractivity contribution in [3.63, 3.8) is 0 Å². The minimum absolute atomic E-state index is 0.587. The minimum Gasteiger partial charge on any atom is -0.330 e. The van der Waals surface area contributed by atoms with Crippen molar-refractivity contribution in [2.75, 3.05) is 13.1 Å². The van der Waals surface area contributed by atoms with Crippen molar-refractivity contribution in [2.24, 2.45) is 11.7 Å². The lowest BCUT2D eigenvalue weighted by molar-refractivity contribution is 0.0440. The van der Waals surface area contributed by atoms with E-state index in [1.165, 1.54) is 25.8 Å². The normalized spacial score (nSPS) is 48.3. The van der Waals surface area contributed by atoms with Gasteiger partial charge in [-0.3, -0.25) is 0 Å². The monoisotopic (exact) mass is 126 g/mol. The first-order valence-electron chi connectivity index (χ1n) is 3.80. The molecule has 0 atom stereocenters. The van der Waals surface area contributed by atoms with Gasteiger partial charge >= 0.3 is 0 Å². The molecule has 0 bridgehead atoms. The number of hydrogen-bond acceptors (Lipinski definition) is 2. The second kappa shape index (κ2) is 1.70. The molecular formula is C7H14N2. The fourth-order valence-corrected chi connectivity index (χ4v) is 2.04. The Labute approximate surface area is 55.8 Å². The molecule has 0 aromatic carbocycles. The van der Waals surface area contributed by atoms with Gasteiger partial charge < -0.3 is 11.1 Å². The molecule has 3 N–H and O–H groups in total. The Morgan fingerprint density at radius 2 is 2.22 bits per heavy atom.